The molecular weight excluding hydrogens is 484 g/mol. The number of hydrazine groups is 1. The lowest BCUT2D eigenvalue weighted by atomic mass is 10.2. The van der Waals surface area contributed by atoms with E-state index in [1.807, 2.05) is 0 Å². The minimum absolute atomic E-state index is 0.0319. The number of furan rings is 1. The first-order chi connectivity index (χ1) is 16.2. The molecule has 0 bridgehead atoms. The van der Waals surface area contributed by atoms with Gasteiger partial charge in [0.15, 0.2) is 0 Å². The van der Waals surface area contributed by atoms with Crippen LogP contribution < -0.4 is 19.7 Å². The molecule has 0 saturated heterocycles. The second-order valence-electron chi connectivity index (χ2n) is 7.12. The van der Waals surface area contributed by atoms with Crippen LogP contribution in [0.5, 0.6) is 11.5 Å². The molecule has 0 fully saturated rings. The summed E-state index contributed by atoms with van der Waals surface area (Å²) < 4.78 is 68.5. The van der Waals surface area contributed by atoms with Crippen LogP contribution in [-0.4, -0.2) is 47.3 Å². The van der Waals surface area contributed by atoms with E-state index in [1.165, 1.54) is 69.0 Å². The van der Waals surface area contributed by atoms with Crippen LogP contribution in [0.15, 0.2) is 86.2 Å². The number of sulfonamides is 2. The molecule has 2 N–H and O–H groups in total. The molecular formula is C21H22N4O7S2. The summed E-state index contributed by atoms with van der Waals surface area (Å²) in [6, 6.07) is 14.8. The van der Waals surface area contributed by atoms with Gasteiger partial charge in [0.05, 0.1) is 30.3 Å². The van der Waals surface area contributed by atoms with Crippen LogP contribution in [0, 0.1) is 0 Å². The SMILES string of the molecule is COc1ccc(S(=O)(=O)NNC2CC(c3ccco3)=NN2S(=O)(=O)c2ccc(OC)cc2)cc1. The number of benzene rings is 2. The zero-order chi connectivity index (χ0) is 24.3. The van der Waals surface area contributed by atoms with Gasteiger partial charge in [-0.3, -0.25) is 0 Å². The Labute approximate surface area is 197 Å². The van der Waals surface area contributed by atoms with Crippen LogP contribution in [0.25, 0.3) is 0 Å². The van der Waals surface area contributed by atoms with Gasteiger partial charge < -0.3 is 13.9 Å². The van der Waals surface area contributed by atoms with Crippen LogP contribution in [0.2, 0.25) is 0 Å². The minimum Gasteiger partial charge on any atom is -0.497 e. The Morgan fingerprint density at radius 3 is 2.03 bits per heavy atom. The number of rotatable bonds is 9. The molecule has 0 aliphatic carbocycles. The van der Waals surface area contributed by atoms with E-state index in [-0.39, 0.29) is 16.2 Å². The van der Waals surface area contributed by atoms with Crippen molar-refractivity contribution in [1.29, 1.82) is 0 Å². The number of hydrazone groups is 1. The third kappa shape index (κ3) is 4.77. The van der Waals surface area contributed by atoms with E-state index in [0.29, 0.717) is 23.0 Å². The smallest absolute Gasteiger partial charge is 0.280 e. The first-order valence-electron chi connectivity index (χ1n) is 9.96. The molecule has 3 aromatic rings. The third-order valence-electron chi connectivity index (χ3n) is 5.01. The maximum absolute atomic E-state index is 13.3. The number of nitrogens with one attached hydrogen (secondary N) is 2. The van der Waals surface area contributed by atoms with E-state index in [4.69, 9.17) is 13.9 Å². The molecule has 13 heteroatoms. The lowest BCUT2D eigenvalue weighted by molar-refractivity contribution is 0.301. The van der Waals surface area contributed by atoms with Crippen LogP contribution in [-0.2, 0) is 20.0 Å². The Morgan fingerprint density at radius 2 is 1.50 bits per heavy atom. The van der Waals surface area contributed by atoms with Gasteiger partial charge in [0.2, 0.25) is 0 Å². The standard InChI is InChI=1S/C21H22N4O7S2/c1-30-15-5-9-17(10-6-15)33(26,27)24-22-21-14-19(20-4-3-13-32-20)23-25(21)34(28,29)18-11-7-16(31-2)8-12-18/h3-13,21-22,24H,14H2,1-2H3. The van der Waals surface area contributed by atoms with Crippen molar-refractivity contribution in [2.24, 2.45) is 5.10 Å². The summed E-state index contributed by atoms with van der Waals surface area (Å²) in [6.07, 6.45) is 0.432. The monoisotopic (exact) mass is 506 g/mol. The molecule has 34 heavy (non-hydrogen) atoms. The molecule has 0 radical (unpaired) electrons. The number of methoxy groups -OCH3 is 2. The third-order valence-corrected chi connectivity index (χ3v) is 7.99. The van der Waals surface area contributed by atoms with Gasteiger partial charge in [-0.05, 0) is 60.7 Å². The van der Waals surface area contributed by atoms with Crippen LogP contribution >= 0.6 is 0 Å². The van der Waals surface area contributed by atoms with Gasteiger partial charge in [-0.2, -0.15) is 17.9 Å². The molecule has 1 atom stereocenters. The molecule has 180 valence electrons. The lowest BCUT2D eigenvalue weighted by Crippen LogP contribution is -2.51. The quantitative estimate of drug-likeness (QED) is 0.420. The highest BCUT2D eigenvalue weighted by Gasteiger charge is 2.38. The molecule has 1 aliphatic rings. The molecule has 0 saturated carbocycles. The van der Waals surface area contributed by atoms with Crippen molar-refractivity contribution in [1.82, 2.24) is 14.7 Å². The summed E-state index contributed by atoms with van der Waals surface area (Å²) >= 11 is 0. The molecule has 11 nitrogen and oxygen atoms in total. The predicted molar refractivity (Wildman–Crippen MR) is 122 cm³/mol. The second kappa shape index (κ2) is 9.46. The molecule has 1 aromatic heterocycles. The van der Waals surface area contributed by atoms with Crippen LogP contribution in [0.3, 0.4) is 0 Å². The van der Waals surface area contributed by atoms with Crippen molar-refractivity contribution >= 4 is 25.8 Å². The van der Waals surface area contributed by atoms with E-state index < -0.39 is 26.2 Å². The number of hydrogen-bond donors (Lipinski definition) is 2. The Bertz CT molecular complexity index is 1370. The van der Waals surface area contributed by atoms with Crippen molar-refractivity contribution in [3.05, 3.63) is 72.7 Å². The van der Waals surface area contributed by atoms with Crippen molar-refractivity contribution in [2.45, 2.75) is 22.4 Å². The Balaban J connectivity index is 1.60. The van der Waals surface area contributed by atoms with Gasteiger partial charge in [-0.15, -0.1) is 4.83 Å². The molecule has 0 amide bonds. The van der Waals surface area contributed by atoms with E-state index in [2.05, 4.69) is 15.4 Å². The predicted octanol–water partition coefficient (Wildman–Crippen LogP) is 1.90. The number of ether oxygens (including phenoxy) is 2. The molecule has 1 aliphatic heterocycles. The van der Waals surface area contributed by atoms with Crippen molar-refractivity contribution in [3.8, 4) is 11.5 Å². The Morgan fingerprint density at radius 1 is 0.912 bits per heavy atom. The summed E-state index contributed by atoms with van der Waals surface area (Å²) in [4.78, 5) is 2.17. The summed E-state index contributed by atoms with van der Waals surface area (Å²) in [5.74, 6) is 1.36. The molecule has 2 heterocycles. The largest absolute Gasteiger partial charge is 0.497 e. The van der Waals surface area contributed by atoms with Crippen molar-refractivity contribution in [3.63, 3.8) is 0 Å². The maximum atomic E-state index is 13.3. The summed E-state index contributed by atoms with van der Waals surface area (Å²) in [5.41, 5.74) is 2.92. The topological polar surface area (TPSA) is 140 Å². The second-order valence-corrected chi connectivity index (χ2v) is 10.6. The van der Waals surface area contributed by atoms with Gasteiger partial charge in [-0.25, -0.2) is 13.8 Å². The fourth-order valence-corrected chi connectivity index (χ4v) is 5.49. The highest BCUT2D eigenvalue weighted by atomic mass is 32.2. The highest BCUT2D eigenvalue weighted by Crippen LogP contribution is 2.27. The van der Waals surface area contributed by atoms with Gasteiger partial charge >= 0.3 is 0 Å². The van der Waals surface area contributed by atoms with Gasteiger partial charge in [0.1, 0.15) is 29.1 Å². The average Bonchev–Trinajstić information content (AvgIpc) is 3.53. The van der Waals surface area contributed by atoms with Crippen LogP contribution in [0.1, 0.15) is 12.2 Å². The lowest BCUT2D eigenvalue weighted by Gasteiger charge is -2.24. The van der Waals surface area contributed by atoms with Crippen molar-refractivity contribution in [2.75, 3.05) is 14.2 Å². The zero-order valence-electron chi connectivity index (χ0n) is 18.2. The van der Waals surface area contributed by atoms with Gasteiger partial charge in [0.25, 0.3) is 20.0 Å². The van der Waals surface area contributed by atoms with Gasteiger partial charge in [0, 0.05) is 6.42 Å². The first kappa shape index (κ1) is 23.8. The maximum Gasteiger partial charge on any atom is 0.280 e. The van der Waals surface area contributed by atoms with E-state index >= 15 is 0 Å². The van der Waals surface area contributed by atoms with Crippen molar-refractivity contribution < 1.29 is 30.7 Å². The Kier molecular flexibility index (Phi) is 6.61. The molecule has 4 rings (SSSR count). The number of hydrogen-bond acceptors (Lipinski definition) is 9. The van der Waals surface area contributed by atoms with Crippen LogP contribution in [0.4, 0.5) is 0 Å². The summed E-state index contributed by atoms with van der Waals surface area (Å²) in [5, 5.41) is 4.22. The first-order valence-corrected chi connectivity index (χ1v) is 12.9. The fraction of sp³-hybridized carbons (Fsp3) is 0.190. The highest BCUT2D eigenvalue weighted by molar-refractivity contribution is 7.89. The fourth-order valence-electron chi connectivity index (χ4n) is 3.23. The molecule has 0 spiro atoms. The normalized spacial score (nSPS) is 16.4. The zero-order valence-corrected chi connectivity index (χ0v) is 19.8. The Hall–Kier alpha value is -3.39. The number of nitrogens with zero attached hydrogens (tertiary/aromatic N) is 2. The summed E-state index contributed by atoms with van der Waals surface area (Å²) in [7, 11) is -5.22. The van der Waals surface area contributed by atoms with E-state index in [1.54, 1.807) is 12.1 Å². The van der Waals surface area contributed by atoms with E-state index in [0.717, 1.165) is 4.41 Å². The van der Waals surface area contributed by atoms with Gasteiger partial charge in [-0.1, -0.05) is 0 Å². The molecule has 1 unspecified atom stereocenters. The molecule has 2 aromatic carbocycles. The van der Waals surface area contributed by atoms with E-state index in [9.17, 15) is 16.8 Å². The summed E-state index contributed by atoms with van der Waals surface area (Å²) in [6.45, 7) is 0. The minimum atomic E-state index is -4.14. The average molecular weight is 507 g/mol.